The van der Waals surface area contributed by atoms with Crippen LogP contribution in [-0.2, 0) is 14.2 Å². The summed E-state index contributed by atoms with van der Waals surface area (Å²) >= 11 is 0. The van der Waals surface area contributed by atoms with Crippen LogP contribution in [0.5, 0.6) is 28.7 Å². The van der Waals surface area contributed by atoms with Crippen LogP contribution in [0.25, 0.3) is 22.3 Å². The predicted molar refractivity (Wildman–Crippen MR) is 142 cm³/mol. The van der Waals surface area contributed by atoms with E-state index in [0.29, 0.717) is 0 Å². The summed E-state index contributed by atoms with van der Waals surface area (Å²) in [7, 11) is 1.18. The molecule has 2 aromatic carbocycles. The zero-order valence-corrected chi connectivity index (χ0v) is 22.7. The highest BCUT2D eigenvalue weighted by atomic mass is 16.8. The summed E-state index contributed by atoms with van der Waals surface area (Å²) in [5, 5.41) is 101. The molecule has 10 atom stereocenters. The molecular formula is C27H30O17. The van der Waals surface area contributed by atoms with Gasteiger partial charge < -0.3 is 79.2 Å². The van der Waals surface area contributed by atoms with Gasteiger partial charge in [-0.25, -0.2) is 0 Å². The minimum atomic E-state index is -1.93. The number of aromatic hydroxyl groups is 3. The maximum atomic E-state index is 13.7. The quantitative estimate of drug-likeness (QED) is 0.122. The van der Waals surface area contributed by atoms with Crippen LogP contribution in [0.3, 0.4) is 0 Å². The van der Waals surface area contributed by atoms with E-state index in [1.807, 2.05) is 0 Å². The molecule has 1 aromatic heterocycles. The van der Waals surface area contributed by atoms with Crippen molar-refractivity contribution in [2.45, 2.75) is 61.6 Å². The SMILES string of the molecule is CO[C@@H]1O[C@H](Oc2cc(O)c3c(=O)c(O[C@H]4O[C@@H](CO)[C@H](O)[C@@H](O)[C@@H]4O)c(-c4ccc(O)c(O)c4)oc3c2)[C@@H](O)[C@H](O)[C@H]1O. The van der Waals surface area contributed by atoms with E-state index in [-0.39, 0.29) is 16.9 Å². The molecule has 0 bridgehead atoms. The van der Waals surface area contributed by atoms with Gasteiger partial charge in [-0.1, -0.05) is 0 Å². The second-order valence-electron chi connectivity index (χ2n) is 10.1. The molecule has 10 N–H and O–H groups in total. The van der Waals surface area contributed by atoms with Crippen LogP contribution in [0, 0.1) is 0 Å². The van der Waals surface area contributed by atoms with Gasteiger partial charge in [-0.3, -0.25) is 4.79 Å². The molecule has 2 aliphatic rings. The first-order chi connectivity index (χ1) is 20.9. The molecule has 17 heteroatoms. The lowest BCUT2D eigenvalue weighted by Crippen LogP contribution is -2.60. The van der Waals surface area contributed by atoms with Gasteiger partial charge in [0, 0.05) is 24.8 Å². The Labute approximate surface area is 246 Å². The highest BCUT2D eigenvalue weighted by Crippen LogP contribution is 2.40. The topological polar surface area (TPSA) is 279 Å². The summed E-state index contributed by atoms with van der Waals surface area (Å²) in [4.78, 5) is 13.7. The molecule has 5 rings (SSSR count). The highest BCUT2D eigenvalue weighted by molar-refractivity contribution is 5.88. The number of ether oxygens (including phenoxy) is 5. The summed E-state index contributed by atoms with van der Waals surface area (Å²) in [5.74, 6) is -3.27. The Hall–Kier alpha value is -3.75. The first kappa shape index (κ1) is 31.7. The number of fused-ring (bicyclic) bond motifs is 1. The highest BCUT2D eigenvalue weighted by Gasteiger charge is 2.46. The average molecular weight is 627 g/mol. The van der Waals surface area contributed by atoms with Crippen LogP contribution in [-0.4, -0.2) is 126 Å². The van der Waals surface area contributed by atoms with Crippen LogP contribution < -0.4 is 14.9 Å². The van der Waals surface area contributed by atoms with E-state index < -0.39 is 108 Å². The molecule has 44 heavy (non-hydrogen) atoms. The molecule has 2 saturated heterocycles. The molecule has 240 valence electrons. The fourth-order valence-electron chi connectivity index (χ4n) is 4.81. The monoisotopic (exact) mass is 626 g/mol. The van der Waals surface area contributed by atoms with Crippen molar-refractivity contribution in [3.8, 4) is 40.1 Å². The molecule has 17 nitrogen and oxygen atoms in total. The van der Waals surface area contributed by atoms with Gasteiger partial charge in [0.05, 0.1) is 6.61 Å². The molecule has 2 fully saturated rings. The normalized spacial score (nSPS) is 32.5. The molecule has 0 unspecified atom stereocenters. The zero-order chi connectivity index (χ0) is 32.0. The first-order valence-corrected chi connectivity index (χ1v) is 13.1. The molecule has 0 spiro atoms. The number of aliphatic hydroxyl groups excluding tert-OH is 7. The Morgan fingerprint density at radius 3 is 2.00 bits per heavy atom. The van der Waals surface area contributed by atoms with Gasteiger partial charge in [-0.15, -0.1) is 0 Å². The van der Waals surface area contributed by atoms with Crippen molar-refractivity contribution in [2.24, 2.45) is 0 Å². The number of phenols is 3. The smallest absolute Gasteiger partial charge is 0.239 e. The summed E-state index contributed by atoms with van der Waals surface area (Å²) in [6.07, 6.45) is -16.9. The third-order valence-electron chi connectivity index (χ3n) is 7.24. The molecule has 2 aliphatic heterocycles. The summed E-state index contributed by atoms with van der Waals surface area (Å²) < 4.78 is 32.7. The van der Waals surface area contributed by atoms with E-state index in [1.54, 1.807) is 0 Å². The predicted octanol–water partition coefficient (Wildman–Crippen LogP) is -2.45. The number of benzene rings is 2. The van der Waals surface area contributed by atoms with E-state index in [9.17, 15) is 55.9 Å². The van der Waals surface area contributed by atoms with Crippen molar-refractivity contribution >= 4 is 11.0 Å². The van der Waals surface area contributed by atoms with Crippen molar-refractivity contribution < 1.29 is 79.2 Å². The van der Waals surface area contributed by atoms with Gasteiger partial charge in [-0.05, 0) is 18.2 Å². The van der Waals surface area contributed by atoms with Gasteiger partial charge in [0.25, 0.3) is 0 Å². The Balaban J connectivity index is 1.60. The minimum Gasteiger partial charge on any atom is -0.507 e. The van der Waals surface area contributed by atoms with Crippen molar-refractivity contribution in [3.63, 3.8) is 0 Å². The third kappa shape index (κ3) is 5.61. The Bertz CT molecular complexity index is 1550. The summed E-state index contributed by atoms with van der Waals surface area (Å²) in [5.41, 5.74) is -1.46. The lowest BCUT2D eigenvalue weighted by atomic mass is 9.99. The largest absolute Gasteiger partial charge is 0.507 e. The van der Waals surface area contributed by atoms with E-state index in [2.05, 4.69) is 0 Å². The first-order valence-electron chi connectivity index (χ1n) is 13.1. The lowest BCUT2D eigenvalue weighted by molar-refractivity contribution is -0.327. The number of rotatable bonds is 7. The van der Waals surface area contributed by atoms with Crippen LogP contribution >= 0.6 is 0 Å². The Morgan fingerprint density at radius 2 is 1.36 bits per heavy atom. The number of aliphatic hydroxyl groups is 7. The summed E-state index contributed by atoms with van der Waals surface area (Å²) in [6, 6.07) is 5.34. The van der Waals surface area contributed by atoms with Crippen molar-refractivity contribution in [3.05, 3.63) is 40.6 Å². The second-order valence-corrected chi connectivity index (χ2v) is 10.1. The molecule has 3 heterocycles. The van der Waals surface area contributed by atoms with Gasteiger partial charge in [0.2, 0.25) is 23.8 Å². The molecule has 0 radical (unpaired) electrons. The van der Waals surface area contributed by atoms with Gasteiger partial charge in [-0.2, -0.15) is 0 Å². The third-order valence-corrected chi connectivity index (χ3v) is 7.24. The summed E-state index contributed by atoms with van der Waals surface area (Å²) in [6.45, 7) is -0.792. The van der Waals surface area contributed by atoms with E-state index in [0.717, 1.165) is 24.3 Å². The van der Waals surface area contributed by atoms with Crippen LogP contribution in [0.15, 0.2) is 39.5 Å². The molecule has 3 aromatic rings. The van der Waals surface area contributed by atoms with E-state index in [1.165, 1.54) is 13.2 Å². The Kier molecular flexibility index (Phi) is 8.87. The standard InChI is InChI=1S/C27H30O17/c1-39-25-20(36)19(35)22(38)26(44-25)40-9-5-12(31)15-13(6-9)41-23(8-2-3-10(29)11(30)4-8)24(17(15)33)43-27-21(37)18(34)16(32)14(7-28)42-27/h2-6,14,16,18-22,25-32,34-38H,7H2,1H3/t14-,16-,18+,19+,20+,21-,22-,25+,26-,27+/m0/s1. The fourth-order valence-corrected chi connectivity index (χ4v) is 4.81. The number of methoxy groups -OCH3 is 1. The lowest BCUT2D eigenvalue weighted by Gasteiger charge is -2.39. The number of hydrogen-bond acceptors (Lipinski definition) is 17. The van der Waals surface area contributed by atoms with E-state index in [4.69, 9.17) is 28.1 Å². The number of hydrogen-bond donors (Lipinski definition) is 10. The minimum absolute atomic E-state index is 0.0595. The molecular weight excluding hydrogens is 596 g/mol. The second kappa shape index (κ2) is 12.3. The van der Waals surface area contributed by atoms with Gasteiger partial charge in [0.15, 0.2) is 23.5 Å². The van der Waals surface area contributed by atoms with Crippen LogP contribution in [0.1, 0.15) is 0 Å². The van der Waals surface area contributed by atoms with E-state index >= 15 is 0 Å². The van der Waals surface area contributed by atoms with Crippen molar-refractivity contribution in [1.82, 2.24) is 0 Å². The van der Waals surface area contributed by atoms with Gasteiger partial charge >= 0.3 is 0 Å². The molecule has 0 amide bonds. The maximum absolute atomic E-state index is 13.7. The van der Waals surface area contributed by atoms with Crippen molar-refractivity contribution in [2.75, 3.05) is 13.7 Å². The molecule has 0 aliphatic carbocycles. The van der Waals surface area contributed by atoms with Crippen LogP contribution in [0.4, 0.5) is 0 Å². The number of phenolic OH excluding ortho intramolecular Hbond substituents is 3. The van der Waals surface area contributed by atoms with Crippen molar-refractivity contribution in [1.29, 1.82) is 0 Å². The fraction of sp³-hybridized carbons (Fsp3) is 0.444. The Morgan fingerprint density at radius 1 is 0.727 bits per heavy atom. The maximum Gasteiger partial charge on any atom is 0.239 e. The van der Waals surface area contributed by atoms with Crippen LogP contribution in [0.2, 0.25) is 0 Å². The zero-order valence-electron chi connectivity index (χ0n) is 22.7. The average Bonchev–Trinajstić information content (AvgIpc) is 2.99. The molecule has 0 saturated carbocycles. The van der Waals surface area contributed by atoms with Gasteiger partial charge in [0.1, 0.15) is 65.2 Å².